The number of carbonyl (C=O) groups excluding carboxylic acids is 2. The van der Waals surface area contributed by atoms with Crippen LogP contribution >= 0.6 is 34.8 Å². The van der Waals surface area contributed by atoms with E-state index in [4.69, 9.17) is 12.2 Å². The van der Waals surface area contributed by atoms with E-state index in [0.29, 0.717) is 23.4 Å². The number of anilines is 2. The summed E-state index contributed by atoms with van der Waals surface area (Å²) in [5, 5.41) is 5.80. The van der Waals surface area contributed by atoms with Gasteiger partial charge in [-0.3, -0.25) is 14.9 Å². The maximum absolute atomic E-state index is 13.0. The fourth-order valence-electron chi connectivity index (χ4n) is 2.90. The molecule has 0 aromatic heterocycles. The van der Waals surface area contributed by atoms with Gasteiger partial charge in [0.05, 0.1) is 0 Å². The van der Waals surface area contributed by atoms with Crippen LogP contribution in [0.1, 0.15) is 27.6 Å². The summed E-state index contributed by atoms with van der Waals surface area (Å²) in [6.45, 7) is 2.48. The van der Waals surface area contributed by atoms with E-state index in [2.05, 4.69) is 33.2 Å². The number of hydrogen-bond acceptors (Lipinski definition) is 3. The Labute approximate surface area is 194 Å². The number of nitrogens with one attached hydrogen (secondary N) is 2. The minimum absolute atomic E-state index is 0.110. The molecule has 30 heavy (non-hydrogen) atoms. The largest absolute Gasteiger partial charge is 0.332 e. The summed E-state index contributed by atoms with van der Waals surface area (Å²) >= 11 is 7.41. The Morgan fingerprint density at radius 3 is 2.33 bits per heavy atom. The zero-order valence-corrected chi connectivity index (χ0v) is 19.2. The highest BCUT2D eigenvalue weighted by Gasteiger charge is 2.16. The second kappa shape index (κ2) is 10.3. The quantitative estimate of drug-likeness (QED) is 0.358. The number of carbonyl (C=O) groups is 2. The summed E-state index contributed by atoms with van der Waals surface area (Å²) < 4.78 is 0.962. The maximum atomic E-state index is 13.0. The number of halogens is 1. The van der Waals surface area contributed by atoms with Crippen molar-refractivity contribution in [2.24, 2.45) is 0 Å². The average Bonchev–Trinajstić information content (AvgIpc) is 2.75. The Bertz CT molecular complexity index is 1070. The molecule has 0 radical (unpaired) electrons. The van der Waals surface area contributed by atoms with E-state index < -0.39 is 0 Å². The standard InChI is InChI=1S/C23H20IN3O2S/c1-2-27(20-12-4-3-5-13-20)22(29)17-9-7-11-19(15-17)25-23(30)26-21(28)16-8-6-10-18(24)14-16/h3-15H,2H2,1H3,(H2,25,26,28,30). The van der Waals surface area contributed by atoms with E-state index in [1.165, 1.54) is 0 Å². The number of amides is 2. The lowest BCUT2D eigenvalue weighted by atomic mass is 10.1. The molecule has 7 heteroatoms. The van der Waals surface area contributed by atoms with Gasteiger partial charge in [-0.1, -0.05) is 30.3 Å². The van der Waals surface area contributed by atoms with Gasteiger partial charge in [0.2, 0.25) is 0 Å². The molecule has 2 N–H and O–H groups in total. The van der Waals surface area contributed by atoms with Gasteiger partial charge in [0.1, 0.15) is 0 Å². The van der Waals surface area contributed by atoms with Gasteiger partial charge < -0.3 is 10.2 Å². The van der Waals surface area contributed by atoms with Crippen LogP contribution in [0.4, 0.5) is 11.4 Å². The van der Waals surface area contributed by atoms with Crippen LogP contribution in [0.25, 0.3) is 0 Å². The van der Waals surface area contributed by atoms with Crippen LogP contribution in [-0.2, 0) is 0 Å². The Morgan fingerprint density at radius 1 is 0.933 bits per heavy atom. The van der Waals surface area contributed by atoms with Crippen molar-refractivity contribution in [3.8, 4) is 0 Å². The third-order valence-electron chi connectivity index (χ3n) is 4.31. The Balaban J connectivity index is 1.69. The molecular formula is C23H20IN3O2S. The second-order valence-corrected chi connectivity index (χ2v) is 8.04. The van der Waals surface area contributed by atoms with Crippen LogP contribution in [-0.4, -0.2) is 23.5 Å². The number of benzene rings is 3. The second-order valence-electron chi connectivity index (χ2n) is 6.38. The van der Waals surface area contributed by atoms with E-state index >= 15 is 0 Å². The summed E-state index contributed by atoms with van der Waals surface area (Å²) in [5.74, 6) is -0.402. The average molecular weight is 529 g/mol. The number of hydrogen-bond donors (Lipinski definition) is 2. The number of para-hydroxylation sites is 1. The molecule has 0 saturated heterocycles. The van der Waals surface area contributed by atoms with Crippen molar-refractivity contribution in [3.63, 3.8) is 0 Å². The molecule has 0 fully saturated rings. The lowest BCUT2D eigenvalue weighted by Crippen LogP contribution is -2.34. The Kier molecular flexibility index (Phi) is 7.53. The number of rotatable bonds is 5. The molecule has 3 aromatic rings. The first kappa shape index (κ1) is 21.9. The molecule has 0 saturated carbocycles. The van der Waals surface area contributed by atoms with E-state index in [0.717, 1.165) is 9.26 Å². The Morgan fingerprint density at radius 2 is 1.63 bits per heavy atom. The van der Waals surface area contributed by atoms with Crippen molar-refractivity contribution in [2.75, 3.05) is 16.8 Å². The van der Waals surface area contributed by atoms with Gasteiger partial charge in [0.15, 0.2) is 5.11 Å². The molecule has 3 rings (SSSR count). The van der Waals surface area contributed by atoms with Crippen molar-refractivity contribution >= 4 is 63.1 Å². The highest BCUT2D eigenvalue weighted by molar-refractivity contribution is 14.1. The fourth-order valence-corrected chi connectivity index (χ4v) is 3.66. The van der Waals surface area contributed by atoms with Crippen LogP contribution in [0.2, 0.25) is 0 Å². The van der Waals surface area contributed by atoms with Crippen molar-refractivity contribution in [2.45, 2.75) is 6.92 Å². The summed E-state index contributed by atoms with van der Waals surface area (Å²) in [7, 11) is 0. The van der Waals surface area contributed by atoms with Crippen molar-refractivity contribution in [1.29, 1.82) is 0 Å². The van der Waals surface area contributed by atoms with Crippen molar-refractivity contribution < 1.29 is 9.59 Å². The predicted octanol–water partition coefficient (Wildman–Crippen LogP) is 5.08. The lowest BCUT2D eigenvalue weighted by molar-refractivity contribution is 0.0973. The zero-order chi connectivity index (χ0) is 21.5. The highest BCUT2D eigenvalue weighted by atomic mass is 127. The van der Waals surface area contributed by atoms with Gasteiger partial charge in [0, 0.05) is 32.6 Å². The van der Waals surface area contributed by atoms with Gasteiger partial charge in [-0.25, -0.2) is 0 Å². The van der Waals surface area contributed by atoms with Crippen LogP contribution in [0, 0.1) is 3.57 Å². The van der Waals surface area contributed by atoms with Gasteiger partial charge in [-0.05, 0) is 90.3 Å². The first-order chi connectivity index (χ1) is 14.5. The molecule has 0 aliphatic rings. The summed E-state index contributed by atoms with van der Waals surface area (Å²) in [6.07, 6.45) is 0. The summed E-state index contributed by atoms with van der Waals surface area (Å²) in [4.78, 5) is 27.1. The first-order valence-electron chi connectivity index (χ1n) is 9.33. The first-order valence-corrected chi connectivity index (χ1v) is 10.8. The lowest BCUT2D eigenvalue weighted by Gasteiger charge is -2.21. The molecule has 0 spiro atoms. The molecular weight excluding hydrogens is 509 g/mol. The molecule has 0 atom stereocenters. The molecule has 2 amide bonds. The molecule has 0 unspecified atom stereocenters. The van der Waals surface area contributed by atoms with Crippen molar-refractivity contribution in [3.05, 3.63) is 93.6 Å². The normalized spacial score (nSPS) is 10.2. The Hall–Kier alpha value is -2.78. The smallest absolute Gasteiger partial charge is 0.258 e. The SMILES string of the molecule is CCN(C(=O)c1cccc(NC(=S)NC(=O)c2cccc(I)c2)c1)c1ccccc1. The topological polar surface area (TPSA) is 61.4 Å². The number of thiocarbonyl (C=S) groups is 1. The molecule has 0 bridgehead atoms. The summed E-state index contributed by atoms with van der Waals surface area (Å²) in [5.41, 5.74) is 2.51. The third-order valence-corrected chi connectivity index (χ3v) is 5.19. The van der Waals surface area contributed by atoms with E-state index in [-0.39, 0.29) is 16.9 Å². The van der Waals surface area contributed by atoms with Crippen LogP contribution in [0.15, 0.2) is 78.9 Å². The predicted molar refractivity (Wildman–Crippen MR) is 133 cm³/mol. The maximum Gasteiger partial charge on any atom is 0.258 e. The van der Waals surface area contributed by atoms with Gasteiger partial charge in [-0.15, -0.1) is 0 Å². The van der Waals surface area contributed by atoms with Crippen molar-refractivity contribution in [1.82, 2.24) is 5.32 Å². The molecule has 0 heterocycles. The van der Waals surface area contributed by atoms with Gasteiger partial charge in [0.25, 0.3) is 11.8 Å². The third kappa shape index (κ3) is 5.64. The molecule has 152 valence electrons. The van der Waals surface area contributed by atoms with E-state index in [1.54, 1.807) is 41.3 Å². The van der Waals surface area contributed by atoms with Crippen LogP contribution in [0.3, 0.4) is 0 Å². The summed E-state index contributed by atoms with van der Waals surface area (Å²) in [6, 6.07) is 23.8. The molecule has 3 aromatic carbocycles. The zero-order valence-electron chi connectivity index (χ0n) is 16.3. The van der Waals surface area contributed by atoms with E-state index in [1.807, 2.05) is 49.4 Å². The molecule has 0 aliphatic heterocycles. The highest BCUT2D eigenvalue weighted by Crippen LogP contribution is 2.19. The monoisotopic (exact) mass is 529 g/mol. The molecule has 0 aliphatic carbocycles. The fraction of sp³-hybridized carbons (Fsp3) is 0.0870. The minimum atomic E-state index is -0.292. The van der Waals surface area contributed by atoms with Crippen LogP contribution in [0.5, 0.6) is 0 Å². The minimum Gasteiger partial charge on any atom is -0.332 e. The van der Waals surface area contributed by atoms with E-state index in [9.17, 15) is 9.59 Å². The van der Waals surface area contributed by atoms with Gasteiger partial charge >= 0.3 is 0 Å². The van der Waals surface area contributed by atoms with Crippen LogP contribution < -0.4 is 15.5 Å². The number of nitrogens with zero attached hydrogens (tertiary/aromatic N) is 1. The van der Waals surface area contributed by atoms with Gasteiger partial charge in [-0.2, -0.15) is 0 Å². The molecule has 5 nitrogen and oxygen atoms in total.